The fourth-order valence-corrected chi connectivity index (χ4v) is 7.55. The molecule has 0 rings (SSSR count). The number of esters is 2. The summed E-state index contributed by atoms with van der Waals surface area (Å²) in [6.07, 6.45) is 39.3. The van der Waals surface area contributed by atoms with Gasteiger partial charge in [0.1, 0.15) is 19.3 Å². The summed E-state index contributed by atoms with van der Waals surface area (Å²) in [5, 5.41) is 0. The van der Waals surface area contributed by atoms with Gasteiger partial charge in [-0.3, -0.25) is 18.6 Å². The van der Waals surface area contributed by atoms with Crippen molar-refractivity contribution in [2.24, 2.45) is 0 Å². The quantitative estimate of drug-likeness (QED) is 0.0214. The normalized spacial score (nSPS) is 14.3. The molecule has 0 heterocycles. The highest BCUT2D eigenvalue weighted by Gasteiger charge is 2.31. The van der Waals surface area contributed by atoms with E-state index in [1.807, 2.05) is 28.1 Å². The molecule has 0 aliphatic rings. The van der Waals surface area contributed by atoms with Crippen LogP contribution in [0.25, 0.3) is 0 Å². The molecule has 1 N–H and O–H groups in total. The SMILES string of the molecule is CCCCCCCCC=CCCCCCCCC(=O)OC[C@H](COP(=O)(O)OC(CC)C[N+](C)(C)C)OC(=O)CCCCCCCC=CCCCCCCCC. The molecule has 9 nitrogen and oxygen atoms in total. The molecule has 0 aromatic rings. The minimum Gasteiger partial charge on any atom is -0.462 e. The van der Waals surface area contributed by atoms with Gasteiger partial charge in [-0.15, -0.1) is 0 Å². The summed E-state index contributed by atoms with van der Waals surface area (Å²) in [4.78, 5) is 35.8. The molecule has 0 spiro atoms. The predicted octanol–water partition coefficient (Wildman–Crippen LogP) is 13.1. The number of phosphoric acid groups is 1. The van der Waals surface area contributed by atoms with Gasteiger partial charge in [-0.2, -0.15) is 0 Å². The Morgan fingerprint density at radius 1 is 0.554 bits per heavy atom. The zero-order chi connectivity index (χ0) is 41.6. The second-order valence-electron chi connectivity index (χ2n) is 16.8. The van der Waals surface area contributed by atoms with E-state index < -0.39 is 32.6 Å². The minimum atomic E-state index is -4.45. The van der Waals surface area contributed by atoms with Crippen molar-refractivity contribution in [2.45, 2.75) is 219 Å². The molecule has 3 atom stereocenters. The molecule has 2 unspecified atom stereocenters. The fraction of sp³-hybridized carbons (Fsp3) is 0.870. The van der Waals surface area contributed by atoms with E-state index in [4.69, 9.17) is 18.5 Å². The van der Waals surface area contributed by atoms with E-state index in [0.29, 0.717) is 23.9 Å². The Kier molecular flexibility index (Phi) is 36.7. The lowest BCUT2D eigenvalue weighted by molar-refractivity contribution is -0.873. The molecule has 0 radical (unpaired) electrons. The third kappa shape index (κ3) is 39.3. The van der Waals surface area contributed by atoms with Crippen LogP contribution in [-0.2, 0) is 32.7 Å². The Labute approximate surface area is 345 Å². The first-order chi connectivity index (χ1) is 26.9. The van der Waals surface area contributed by atoms with Crippen molar-refractivity contribution in [1.29, 1.82) is 0 Å². The molecule has 0 bridgehead atoms. The summed E-state index contributed by atoms with van der Waals surface area (Å²) < 4.78 is 35.2. The highest BCUT2D eigenvalue weighted by molar-refractivity contribution is 7.47. The highest BCUT2D eigenvalue weighted by atomic mass is 31.2. The number of rotatable bonds is 41. The Morgan fingerprint density at radius 2 is 0.946 bits per heavy atom. The second-order valence-corrected chi connectivity index (χ2v) is 18.2. The predicted molar refractivity (Wildman–Crippen MR) is 234 cm³/mol. The number of ether oxygens (including phenoxy) is 2. The number of carbonyl (C=O) groups excluding carboxylic acids is 2. The smallest absolute Gasteiger partial charge is 0.462 e. The molecule has 10 heteroatoms. The van der Waals surface area contributed by atoms with Crippen molar-refractivity contribution in [2.75, 3.05) is 40.9 Å². The number of nitrogens with zero attached hydrogens (tertiary/aromatic N) is 1. The number of phosphoric ester groups is 1. The number of likely N-dealkylation sites (N-methyl/N-ethyl adjacent to an activating group) is 1. The lowest BCUT2D eigenvalue weighted by Gasteiger charge is -2.29. The molecule has 0 aromatic carbocycles. The molecule has 0 amide bonds. The zero-order valence-corrected chi connectivity index (χ0v) is 38.2. The van der Waals surface area contributed by atoms with E-state index in [0.717, 1.165) is 70.6 Å². The van der Waals surface area contributed by atoms with Crippen LogP contribution < -0.4 is 0 Å². The molecule has 330 valence electrons. The first kappa shape index (κ1) is 54.5. The maximum atomic E-state index is 12.8. The monoisotopic (exact) mass is 815 g/mol. The van der Waals surface area contributed by atoms with Crippen LogP contribution in [0.3, 0.4) is 0 Å². The Hall–Kier alpha value is -1.51. The lowest BCUT2D eigenvalue weighted by Crippen LogP contribution is -2.42. The third-order valence-electron chi connectivity index (χ3n) is 9.93. The van der Waals surface area contributed by atoms with Crippen LogP contribution in [0.5, 0.6) is 0 Å². The van der Waals surface area contributed by atoms with E-state index >= 15 is 0 Å². The van der Waals surface area contributed by atoms with Gasteiger partial charge in [0.15, 0.2) is 6.10 Å². The average Bonchev–Trinajstić information content (AvgIpc) is 3.14. The largest absolute Gasteiger partial charge is 0.472 e. The lowest BCUT2D eigenvalue weighted by atomic mass is 10.1. The maximum Gasteiger partial charge on any atom is 0.472 e. The molecule has 0 saturated heterocycles. The van der Waals surface area contributed by atoms with Crippen molar-refractivity contribution in [3.05, 3.63) is 24.3 Å². The van der Waals surface area contributed by atoms with Crippen molar-refractivity contribution in [3.8, 4) is 0 Å². The average molecular weight is 815 g/mol. The Balaban J connectivity index is 4.55. The van der Waals surface area contributed by atoms with Crippen LogP contribution in [0.1, 0.15) is 207 Å². The fourth-order valence-electron chi connectivity index (χ4n) is 6.54. The topological polar surface area (TPSA) is 108 Å². The van der Waals surface area contributed by atoms with Crippen molar-refractivity contribution >= 4 is 19.8 Å². The van der Waals surface area contributed by atoms with Crippen LogP contribution in [0.15, 0.2) is 24.3 Å². The van der Waals surface area contributed by atoms with Crippen LogP contribution in [-0.4, -0.2) is 74.4 Å². The summed E-state index contributed by atoms with van der Waals surface area (Å²) in [6.45, 7) is 6.26. The van der Waals surface area contributed by atoms with Gasteiger partial charge in [0.2, 0.25) is 0 Å². The number of hydrogen-bond donors (Lipinski definition) is 1. The van der Waals surface area contributed by atoms with Gasteiger partial charge in [0, 0.05) is 12.8 Å². The van der Waals surface area contributed by atoms with Gasteiger partial charge in [-0.25, -0.2) is 4.57 Å². The van der Waals surface area contributed by atoms with Gasteiger partial charge in [-0.05, 0) is 70.6 Å². The number of unbranched alkanes of at least 4 members (excludes halogenated alkanes) is 22. The summed E-state index contributed by atoms with van der Waals surface area (Å²) >= 11 is 0. The standard InChI is InChI=1S/C46H88NO8P/c1-7-10-12-14-16-18-20-22-24-26-28-30-32-34-36-38-45(48)52-41-44(42-53-56(50,51)55-43(9-3)40-47(4,5)6)54-46(49)39-37-35-33-31-29-27-25-23-21-19-17-15-13-11-8-2/h22-25,43-44H,7-21,26-42H2,1-6H3/p+1/t43?,44-/m1/s1. The summed E-state index contributed by atoms with van der Waals surface area (Å²) in [5.74, 6) is -0.812. The van der Waals surface area contributed by atoms with Gasteiger partial charge < -0.3 is 18.9 Å². The molecule has 0 aliphatic carbocycles. The number of allylic oxidation sites excluding steroid dienone is 4. The van der Waals surface area contributed by atoms with Gasteiger partial charge in [-0.1, -0.05) is 148 Å². The van der Waals surface area contributed by atoms with E-state index in [-0.39, 0.29) is 25.4 Å². The van der Waals surface area contributed by atoms with E-state index in [9.17, 15) is 19.0 Å². The molecule has 56 heavy (non-hydrogen) atoms. The molecule has 0 fully saturated rings. The van der Waals surface area contributed by atoms with Gasteiger partial charge >= 0.3 is 19.8 Å². The van der Waals surface area contributed by atoms with E-state index in [2.05, 4.69) is 38.2 Å². The molecule has 0 aliphatic heterocycles. The third-order valence-corrected chi connectivity index (χ3v) is 11.0. The Bertz CT molecular complexity index is 1030. The first-order valence-corrected chi connectivity index (χ1v) is 24.5. The zero-order valence-electron chi connectivity index (χ0n) is 37.3. The van der Waals surface area contributed by atoms with E-state index in [1.54, 1.807) is 0 Å². The van der Waals surface area contributed by atoms with Crippen molar-refractivity contribution in [3.63, 3.8) is 0 Å². The summed E-state index contributed by atoms with van der Waals surface area (Å²) in [5.41, 5.74) is 0. The number of quaternary nitrogens is 1. The minimum absolute atomic E-state index is 0.228. The van der Waals surface area contributed by atoms with Gasteiger partial charge in [0.05, 0.1) is 27.7 Å². The number of carbonyl (C=O) groups is 2. The van der Waals surface area contributed by atoms with Crippen molar-refractivity contribution < 1.29 is 42.1 Å². The summed E-state index contributed by atoms with van der Waals surface area (Å²) in [7, 11) is 1.49. The molecular weight excluding hydrogens is 725 g/mol. The molecule has 0 saturated carbocycles. The van der Waals surface area contributed by atoms with Gasteiger partial charge in [0.25, 0.3) is 0 Å². The number of hydrogen-bond acceptors (Lipinski definition) is 7. The Morgan fingerprint density at radius 3 is 1.36 bits per heavy atom. The second kappa shape index (κ2) is 37.7. The van der Waals surface area contributed by atoms with Crippen LogP contribution in [0.4, 0.5) is 0 Å². The van der Waals surface area contributed by atoms with Crippen LogP contribution in [0, 0.1) is 0 Å². The van der Waals surface area contributed by atoms with Crippen LogP contribution >= 0.6 is 7.82 Å². The van der Waals surface area contributed by atoms with Crippen molar-refractivity contribution in [1.82, 2.24) is 0 Å². The van der Waals surface area contributed by atoms with E-state index in [1.165, 1.54) is 89.9 Å². The van der Waals surface area contributed by atoms with Crippen LogP contribution in [0.2, 0.25) is 0 Å². The maximum absolute atomic E-state index is 12.8. The highest BCUT2D eigenvalue weighted by Crippen LogP contribution is 2.45. The first-order valence-electron chi connectivity index (χ1n) is 23.0. The summed E-state index contributed by atoms with van der Waals surface area (Å²) in [6, 6.07) is 0. The molecular formula is C46H89NO8P+. The molecule has 0 aromatic heterocycles.